The van der Waals surface area contributed by atoms with Crippen LogP contribution in [0.25, 0.3) is 0 Å². The molecule has 0 amide bonds. The second kappa shape index (κ2) is 15.1. The number of benzene rings is 1. The van der Waals surface area contributed by atoms with Gasteiger partial charge >= 0.3 is 0 Å². The largest absolute Gasteiger partial charge is 0.357 e. The number of rotatable bonds is 11. The highest BCUT2D eigenvalue weighted by Crippen LogP contribution is 2.10. The van der Waals surface area contributed by atoms with Crippen LogP contribution in [0.3, 0.4) is 0 Å². The Hall–Kier alpha value is -0.960. The van der Waals surface area contributed by atoms with Gasteiger partial charge in [-0.05, 0) is 58.6 Å². The lowest BCUT2D eigenvalue weighted by Crippen LogP contribution is -2.37. The maximum Gasteiger partial charge on any atom is 0.191 e. The summed E-state index contributed by atoms with van der Waals surface area (Å²) in [7, 11) is 4.20. The molecule has 0 bridgehead atoms. The lowest BCUT2D eigenvalue weighted by Gasteiger charge is -2.12. The first-order valence-corrected chi connectivity index (χ1v) is 9.13. The van der Waals surface area contributed by atoms with Crippen molar-refractivity contribution in [3.05, 3.63) is 35.4 Å². The predicted molar refractivity (Wildman–Crippen MR) is 116 cm³/mol. The SMILES string of the molecule is CCNC(=NCc1cc(F)ccc1F)NCCCCCCCN(C)C.I. The molecule has 0 aliphatic rings. The number of halogens is 3. The molecule has 0 aliphatic heterocycles. The Labute approximate surface area is 173 Å². The van der Waals surface area contributed by atoms with E-state index >= 15 is 0 Å². The first-order valence-electron chi connectivity index (χ1n) is 9.13. The highest BCUT2D eigenvalue weighted by Gasteiger charge is 2.04. The van der Waals surface area contributed by atoms with Gasteiger partial charge in [0.05, 0.1) is 6.54 Å². The molecule has 0 aromatic heterocycles. The molecule has 26 heavy (non-hydrogen) atoms. The van der Waals surface area contributed by atoms with Crippen molar-refractivity contribution in [2.45, 2.75) is 45.6 Å². The second-order valence-corrected chi connectivity index (χ2v) is 6.43. The van der Waals surface area contributed by atoms with Crippen molar-refractivity contribution in [1.29, 1.82) is 0 Å². The van der Waals surface area contributed by atoms with Crippen molar-refractivity contribution in [3.8, 4) is 0 Å². The Bertz CT molecular complexity index is 524. The maximum absolute atomic E-state index is 13.6. The smallest absolute Gasteiger partial charge is 0.191 e. The highest BCUT2D eigenvalue weighted by atomic mass is 127. The first-order chi connectivity index (χ1) is 12.0. The number of nitrogens with zero attached hydrogens (tertiary/aromatic N) is 2. The zero-order valence-electron chi connectivity index (χ0n) is 16.2. The fourth-order valence-corrected chi connectivity index (χ4v) is 2.46. The lowest BCUT2D eigenvalue weighted by molar-refractivity contribution is 0.389. The van der Waals surface area contributed by atoms with Crippen LogP contribution in [0.15, 0.2) is 23.2 Å². The molecule has 1 rings (SSSR count). The molecule has 4 nitrogen and oxygen atoms in total. The molecule has 2 N–H and O–H groups in total. The summed E-state index contributed by atoms with van der Waals surface area (Å²) >= 11 is 0. The Kier molecular flexibility index (Phi) is 14.6. The molecule has 0 spiro atoms. The monoisotopic (exact) mass is 482 g/mol. The molecule has 0 saturated heterocycles. The van der Waals surface area contributed by atoms with Crippen LogP contribution in [-0.4, -0.2) is 44.6 Å². The van der Waals surface area contributed by atoms with E-state index in [1.54, 1.807) is 0 Å². The van der Waals surface area contributed by atoms with Gasteiger partial charge in [0, 0.05) is 18.7 Å². The Balaban J connectivity index is 0.00000625. The van der Waals surface area contributed by atoms with E-state index < -0.39 is 11.6 Å². The van der Waals surface area contributed by atoms with Gasteiger partial charge in [-0.25, -0.2) is 13.8 Å². The van der Waals surface area contributed by atoms with E-state index in [9.17, 15) is 8.78 Å². The van der Waals surface area contributed by atoms with Crippen molar-refractivity contribution in [2.75, 3.05) is 33.7 Å². The summed E-state index contributed by atoms with van der Waals surface area (Å²) < 4.78 is 26.8. The van der Waals surface area contributed by atoms with E-state index in [0.29, 0.717) is 5.96 Å². The number of nitrogens with one attached hydrogen (secondary N) is 2. The topological polar surface area (TPSA) is 39.7 Å². The van der Waals surface area contributed by atoms with Gasteiger partial charge in [0.25, 0.3) is 0 Å². The third kappa shape index (κ3) is 11.6. The first kappa shape index (κ1) is 25.0. The fourth-order valence-electron chi connectivity index (χ4n) is 2.46. The van der Waals surface area contributed by atoms with E-state index in [4.69, 9.17) is 0 Å². The molecule has 0 radical (unpaired) electrons. The normalized spacial score (nSPS) is 11.4. The number of unbranched alkanes of at least 4 members (excludes halogenated alkanes) is 4. The van der Waals surface area contributed by atoms with Gasteiger partial charge in [-0.15, -0.1) is 24.0 Å². The fraction of sp³-hybridized carbons (Fsp3) is 0.632. The Morgan fingerprint density at radius 3 is 2.42 bits per heavy atom. The summed E-state index contributed by atoms with van der Waals surface area (Å²) in [5.41, 5.74) is 0.262. The van der Waals surface area contributed by atoms with E-state index in [0.717, 1.165) is 38.2 Å². The molecular weight excluding hydrogens is 449 g/mol. The average Bonchev–Trinajstić information content (AvgIpc) is 2.57. The second-order valence-electron chi connectivity index (χ2n) is 6.43. The molecule has 0 heterocycles. The summed E-state index contributed by atoms with van der Waals surface area (Å²) in [6.07, 6.45) is 5.98. The minimum atomic E-state index is -0.446. The molecule has 0 unspecified atom stereocenters. The standard InChI is InChI=1S/C19H32F2N4.HI/c1-4-22-19(23-12-8-6-5-7-9-13-25(2)3)24-15-16-14-17(20)10-11-18(16)21;/h10-11,14H,4-9,12-13,15H2,1-3H3,(H2,22,23,24);1H. The summed E-state index contributed by atoms with van der Waals surface area (Å²) in [6, 6.07) is 3.44. The van der Waals surface area contributed by atoms with Crippen LogP contribution in [0, 0.1) is 11.6 Å². The van der Waals surface area contributed by atoms with Gasteiger partial charge in [0.15, 0.2) is 5.96 Å². The van der Waals surface area contributed by atoms with Crippen LogP contribution in [0.2, 0.25) is 0 Å². The van der Waals surface area contributed by atoms with Crippen LogP contribution >= 0.6 is 24.0 Å². The Morgan fingerprint density at radius 2 is 1.73 bits per heavy atom. The summed E-state index contributed by atoms with van der Waals surface area (Å²) in [6.45, 7) is 4.79. The third-order valence-electron chi connectivity index (χ3n) is 3.83. The van der Waals surface area contributed by atoms with Crippen LogP contribution in [0.4, 0.5) is 8.78 Å². The minimum absolute atomic E-state index is 0. The molecule has 150 valence electrons. The maximum atomic E-state index is 13.6. The molecule has 0 atom stereocenters. The molecule has 1 aromatic rings. The van der Waals surface area contributed by atoms with E-state index in [-0.39, 0.29) is 36.1 Å². The average molecular weight is 482 g/mol. The van der Waals surface area contributed by atoms with E-state index in [1.807, 2.05) is 6.92 Å². The van der Waals surface area contributed by atoms with Crippen LogP contribution in [-0.2, 0) is 6.54 Å². The van der Waals surface area contributed by atoms with E-state index in [2.05, 4.69) is 34.6 Å². The molecule has 0 saturated carbocycles. The quantitative estimate of drug-likeness (QED) is 0.216. The van der Waals surface area contributed by atoms with Crippen LogP contribution in [0.5, 0.6) is 0 Å². The molecule has 1 aromatic carbocycles. The van der Waals surface area contributed by atoms with Gasteiger partial charge in [0.2, 0.25) is 0 Å². The number of guanidine groups is 1. The molecule has 0 fully saturated rings. The third-order valence-corrected chi connectivity index (χ3v) is 3.83. The van der Waals surface area contributed by atoms with Crippen molar-refractivity contribution in [2.24, 2.45) is 4.99 Å². The highest BCUT2D eigenvalue weighted by molar-refractivity contribution is 14.0. The number of hydrogen-bond donors (Lipinski definition) is 2. The van der Waals surface area contributed by atoms with Gasteiger partial charge in [-0.1, -0.05) is 19.3 Å². The zero-order valence-corrected chi connectivity index (χ0v) is 18.5. The summed E-state index contributed by atoms with van der Waals surface area (Å²) in [5.74, 6) is -0.240. The van der Waals surface area contributed by atoms with Crippen LogP contribution in [0.1, 0.15) is 44.6 Å². The van der Waals surface area contributed by atoms with Crippen molar-refractivity contribution in [3.63, 3.8) is 0 Å². The molecular formula is C19H33F2IN4. The number of aliphatic imine (C=N–C) groups is 1. The van der Waals surface area contributed by atoms with Crippen LogP contribution < -0.4 is 10.6 Å². The van der Waals surface area contributed by atoms with Crippen molar-refractivity contribution < 1.29 is 8.78 Å². The van der Waals surface area contributed by atoms with Gasteiger partial charge in [-0.2, -0.15) is 0 Å². The van der Waals surface area contributed by atoms with Gasteiger partial charge < -0.3 is 15.5 Å². The van der Waals surface area contributed by atoms with Crippen molar-refractivity contribution >= 4 is 29.9 Å². The predicted octanol–water partition coefficient (Wildman–Crippen LogP) is 4.15. The van der Waals surface area contributed by atoms with Gasteiger partial charge in [0.1, 0.15) is 11.6 Å². The van der Waals surface area contributed by atoms with Gasteiger partial charge in [-0.3, -0.25) is 0 Å². The summed E-state index contributed by atoms with van der Waals surface area (Å²) in [5, 5.41) is 6.38. The minimum Gasteiger partial charge on any atom is -0.357 e. The van der Waals surface area contributed by atoms with E-state index in [1.165, 1.54) is 31.7 Å². The summed E-state index contributed by atoms with van der Waals surface area (Å²) in [4.78, 5) is 6.55. The number of hydrogen-bond acceptors (Lipinski definition) is 2. The van der Waals surface area contributed by atoms with Crippen molar-refractivity contribution in [1.82, 2.24) is 15.5 Å². The lowest BCUT2D eigenvalue weighted by atomic mass is 10.1. The zero-order chi connectivity index (χ0) is 18.5. The molecule has 0 aliphatic carbocycles. The Morgan fingerprint density at radius 1 is 1.04 bits per heavy atom. The molecule has 7 heteroatoms.